The van der Waals surface area contributed by atoms with Crippen LogP contribution in [0.1, 0.15) is 50.1 Å². The van der Waals surface area contributed by atoms with Crippen LogP contribution in [0.2, 0.25) is 0 Å². The van der Waals surface area contributed by atoms with E-state index < -0.39 is 0 Å². The van der Waals surface area contributed by atoms with Crippen molar-refractivity contribution in [3.05, 3.63) is 36.3 Å². The monoisotopic (exact) mass is 383 g/mol. The van der Waals surface area contributed by atoms with Gasteiger partial charge in [0.05, 0.1) is 18.6 Å². The van der Waals surface area contributed by atoms with E-state index in [9.17, 15) is 0 Å². The van der Waals surface area contributed by atoms with Crippen LogP contribution in [-0.2, 0) is 0 Å². The Morgan fingerprint density at radius 3 is 2.64 bits per heavy atom. The number of aromatic nitrogens is 4. The van der Waals surface area contributed by atoms with Crippen LogP contribution in [0.3, 0.4) is 0 Å². The second-order valence-corrected chi connectivity index (χ2v) is 7.01. The van der Waals surface area contributed by atoms with Crippen molar-refractivity contribution in [3.63, 3.8) is 0 Å². The summed E-state index contributed by atoms with van der Waals surface area (Å²) in [5, 5.41) is 3.31. The molecule has 0 spiro atoms. The number of hydrogen-bond acceptors (Lipinski definition) is 7. The number of anilines is 2. The average molecular weight is 384 g/mol. The van der Waals surface area contributed by atoms with Crippen molar-refractivity contribution in [2.45, 2.75) is 44.4 Å². The highest BCUT2D eigenvalue weighted by molar-refractivity contribution is 5.75. The molecule has 1 aliphatic carbocycles. The summed E-state index contributed by atoms with van der Waals surface area (Å²) >= 11 is 0. The molecule has 1 aromatic carbocycles. The Morgan fingerprint density at radius 1 is 1.11 bits per heavy atom. The second kappa shape index (κ2) is 9.48. The first-order valence-electron chi connectivity index (χ1n) is 9.74. The Hall–Kier alpha value is -2.71. The predicted molar refractivity (Wildman–Crippen MR) is 111 cm³/mol. The summed E-state index contributed by atoms with van der Waals surface area (Å²) in [5.41, 5.74) is 9.16. The molecule has 0 bridgehead atoms. The average Bonchev–Trinajstić information content (AvgIpc) is 3.18. The number of hydrogen-bond donors (Lipinski definition) is 4. The Morgan fingerprint density at radius 2 is 1.89 bits per heavy atom. The van der Waals surface area contributed by atoms with Gasteiger partial charge in [-0.15, -0.1) is 0 Å². The van der Waals surface area contributed by atoms with Crippen LogP contribution in [0.25, 0.3) is 11.2 Å². The zero-order chi connectivity index (χ0) is 18.5. The second-order valence-electron chi connectivity index (χ2n) is 7.01. The molecular formula is C20H29N7O. The largest absolute Gasteiger partial charge is 0.494 e. The maximum Gasteiger partial charge on any atom is 0.229 e. The quantitative estimate of drug-likeness (QED) is 0.452. The number of ether oxygens (including phenoxy) is 1. The van der Waals surface area contributed by atoms with E-state index in [-0.39, 0.29) is 6.15 Å². The Kier molecular flexibility index (Phi) is 6.78. The fourth-order valence-electron chi connectivity index (χ4n) is 3.61. The number of nitrogens with zero attached hydrogens (tertiary/aromatic N) is 3. The van der Waals surface area contributed by atoms with E-state index in [1.165, 1.54) is 32.1 Å². The molecule has 4 rings (SSSR count). The number of H-pyrrole nitrogens is 1. The molecule has 0 aliphatic heterocycles. The topological polar surface area (TPSA) is 137 Å². The van der Waals surface area contributed by atoms with Crippen molar-refractivity contribution in [1.82, 2.24) is 26.1 Å². The minimum absolute atomic E-state index is 0. The molecule has 28 heavy (non-hydrogen) atoms. The van der Waals surface area contributed by atoms with Crippen molar-refractivity contribution in [1.29, 1.82) is 0 Å². The van der Waals surface area contributed by atoms with Gasteiger partial charge in [0.25, 0.3) is 0 Å². The van der Waals surface area contributed by atoms with Gasteiger partial charge in [-0.1, -0.05) is 19.3 Å². The molecule has 8 heteroatoms. The van der Waals surface area contributed by atoms with Gasteiger partial charge in [-0.3, -0.25) is 0 Å². The van der Waals surface area contributed by atoms with Gasteiger partial charge in [0, 0.05) is 11.6 Å². The molecule has 1 saturated carbocycles. The smallest absolute Gasteiger partial charge is 0.229 e. The van der Waals surface area contributed by atoms with Crippen LogP contribution < -0.4 is 21.9 Å². The molecule has 8 nitrogen and oxygen atoms in total. The molecule has 0 unspecified atom stereocenters. The van der Waals surface area contributed by atoms with Gasteiger partial charge in [0.2, 0.25) is 5.95 Å². The van der Waals surface area contributed by atoms with Crippen LogP contribution in [0.5, 0.6) is 5.75 Å². The summed E-state index contributed by atoms with van der Waals surface area (Å²) in [6.45, 7) is 1.27. The summed E-state index contributed by atoms with van der Waals surface area (Å²) in [6.07, 6.45) is 8.73. The number of nitrogens with two attached hydrogens (primary N) is 1. The molecular weight excluding hydrogens is 354 g/mol. The number of nitrogens with one attached hydrogen (secondary N) is 2. The van der Waals surface area contributed by atoms with E-state index in [0.29, 0.717) is 25.0 Å². The maximum absolute atomic E-state index is 5.65. The molecule has 150 valence electrons. The third-order valence-corrected chi connectivity index (χ3v) is 5.03. The fraction of sp³-hybridized carbons (Fsp3) is 0.450. The van der Waals surface area contributed by atoms with E-state index in [1.54, 1.807) is 6.33 Å². The first kappa shape index (κ1) is 20.0. The van der Waals surface area contributed by atoms with E-state index in [1.807, 2.05) is 24.3 Å². The summed E-state index contributed by atoms with van der Waals surface area (Å²) in [7, 11) is 0. The highest BCUT2D eigenvalue weighted by Crippen LogP contribution is 2.34. The molecule has 0 atom stereocenters. The third-order valence-electron chi connectivity index (χ3n) is 5.03. The standard InChI is InChI=1S/C20H26N6O.H3N/c21-11-4-12-27-16-9-7-15(8-10-16)24-20-25-17(14-5-2-1-3-6-14)18-19(26-20)23-13-22-18;/h7-10,13-14H,1-6,11-12,21H2,(H2,22,23,24,25,26);1H3. The third kappa shape index (κ3) is 4.58. The van der Waals surface area contributed by atoms with Crippen molar-refractivity contribution >= 4 is 22.8 Å². The van der Waals surface area contributed by atoms with Gasteiger partial charge in [-0.05, 0) is 50.1 Å². The van der Waals surface area contributed by atoms with Gasteiger partial charge >= 0.3 is 0 Å². The van der Waals surface area contributed by atoms with Gasteiger partial charge in [0.1, 0.15) is 11.3 Å². The van der Waals surface area contributed by atoms with Crippen LogP contribution in [-0.4, -0.2) is 33.1 Å². The lowest BCUT2D eigenvalue weighted by Gasteiger charge is -2.21. The molecule has 2 aromatic heterocycles. The van der Waals surface area contributed by atoms with Gasteiger partial charge in [0.15, 0.2) is 5.65 Å². The van der Waals surface area contributed by atoms with Gasteiger partial charge < -0.3 is 26.9 Å². The van der Waals surface area contributed by atoms with Crippen LogP contribution in [0.4, 0.5) is 11.6 Å². The van der Waals surface area contributed by atoms with E-state index in [2.05, 4.69) is 20.3 Å². The lowest BCUT2D eigenvalue weighted by Crippen LogP contribution is -2.10. The number of fused-ring (bicyclic) bond motifs is 1. The van der Waals surface area contributed by atoms with Crippen molar-refractivity contribution in [2.75, 3.05) is 18.5 Å². The highest BCUT2D eigenvalue weighted by Gasteiger charge is 2.22. The molecule has 1 aliphatic rings. The first-order valence-corrected chi connectivity index (χ1v) is 9.74. The molecule has 0 amide bonds. The minimum atomic E-state index is 0. The van der Waals surface area contributed by atoms with Crippen molar-refractivity contribution < 1.29 is 4.74 Å². The lowest BCUT2D eigenvalue weighted by atomic mass is 9.86. The van der Waals surface area contributed by atoms with E-state index in [0.717, 1.165) is 34.7 Å². The Balaban J connectivity index is 0.00000225. The Labute approximate surface area is 164 Å². The number of benzene rings is 1. The lowest BCUT2D eigenvalue weighted by molar-refractivity contribution is 0.313. The Bertz CT molecular complexity index is 872. The fourth-order valence-corrected chi connectivity index (χ4v) is 3.61. The maximum atomic E-state index is 5.65. The summed E-state index contributed by atoms with van der Waals surface area (Å²) < 4.78 is 5.65. The molecule has 0 saturated heterocycles. The first-order chi connectivity index (χ1) is 13.3. The van der Waals surface area contributed by atoms with Gasteiger partial charge in [-0.2, -0.15) is 4.98 Å². The molecule has 3 aromatic rings. The normalized spacial score (nSPS) is 14.6. The van der Waals surface area contributed by atoms with E-state index in [4.69, 9.17) is 15.5 Å². The molecule has 2 heterocycles. The zero-order valence-corrected chi connectivity index (χ0v) is 16.2. The number of rotatable bonds is 7. The molecule has 1 fully saturated rings. The number of imidazole rings is 1. The zero-order valence-electron chi connectivity index (χ0n) is 16.2. The number of aromatic amines is 1. The SMILES string of the molecule is N.NCCCOc1ccc(Nc2nc(C3CCCCC3)c3nc[nH]c3n2)cc1. The van der Waals surface area contributed by atoms with Crippen LogP contribution >= 0.6 is 0 Å². The van der Waals surface area contributed by atoms with Crippen LogP contribution in [0.15, 0.2) is 30.6 Å². The van der Waals surface area contributed by atoms with Gasteiger partial charge in [-0.25, -0.2) is 9.97 Å². The highest BCUT2D eigenvalue weighted by atomic mass is 16.5. The molecule has 7 N–H and O–H groups in total. The summed E-state index contributed by atoms with van der Waals surface area (Å²) in [5.74, 6) is 1.90. The molecule has 0 radical (unpaired) electrons. The summed E-state index contributed by atoms with van der Waals surface area (Å²) in [4.78, 5) is 17.0. The minimum Gasteiger partial charge on any atom is -0.494 e. The van der Waals surface area contributed by atoms with Crippen LogP contribution in [0, 0.1) is 0 Å². The van der Waals surface area contributed by atoms with Crippen molar-refractivity contribution in [2.24, 2.45) is 5.73 Å². The predicted octanol–water partition coefficient (Wildman–Crippen LogP) is 4.03. The van der Waals surface area contributed by atoms with E-state index >= 15 is 0 Å². The van der Waals surface area contributed by atoms with Crippen molar-refractivity contribution in [3.8, 4) is 5.75 Å². The summed E-state index contributed by atoms with van der Waals surface area (Å²) in [6, 6.07) is 7.82.